The lowest BCUT2D eigenvalue weighted by Crippen LogP contribution is -2.64. The number of halogens is 1. The smallest absolute Gasteiger partial charge is 0.364 e. The summed E-state index contributed by atoms with van der Waals surface area (Å²) >= 11 is 6.56. The van der Waals surface area contributed by atoms with E-state index >= 15 is 0 Å². The Labute approximate surface area is 250 Å². The zero-order chi connectivity index (χ0) is 31.1. The molecule has 1 aliphatic rings. The highest BCUT2D eigenvalue weighted by Gasteiger charge is 2.53. The van der Waals surface area contributed by atoms with Gasteiger partial charge < -0.3 is 43.9 Å². The second-order valence-electron chi connectivity index (χ2n) is 10.5. The molecule has 43 heavy (non-hydrogen) atoms. The number of fused-ring (bicyclic) bond motifs is 1. The van der Waals surface area contributed by atoms with Gasteiger partial charge in [-0.15, -0.1) is 0 Å². The lowest BCUT2D eigenvalue weighted by atomic mass is 9.89. The van der Waals surface area contributed by atoms with Gasteiger partial charge in [0.2, 0.25) is 6.29 Å². The number of hydrogen-bond acceptors (Lipinski definition) is 10. The van der Waals surface area contributed by atoms with Crippen LogP contribution >= 0.6 is 11.6 Å². The highest BCUT2D eigenvalue weighted by atomic mass is 35.5. The van der Waals surface area contributed by atoms with Crippen LogP contribution in [0, 0.1) is 6.92 Å². The molecule has 1 aliphatic heterocycles. The van der Waals surface area contributed by atoms with Crippen molar-refractivity contribution in [2.75, 3.05) is 12.4 Å². The van der Waals surface area contributed by atoms with E-state index in [0.29, 0.717) is 0 Å². The maximum Gasteiger partial charge on any atom is 0.364 e. The van der Waals surface area contributed by atoms with Crippen LogP contribution in [0.3, 0.4) is 0 Å². The average molecular weight is 613 g/mol. The minimum absolute atomic E-state index is 0.00905. The summed E-state index contributed by atoms with van der Waals surface area (Å²) < 4.78 is 28.5. The Hall–Kier alpha value is -4.36. The molecule has 3 heterocycles. The number of benzene rings is 2. The molecule has 0 radical (unpaired) electrons. The maximum atomic E-state index is 12.9. The lowest BCUT2D eigenvalue weighted by Gasteiger charge is -2.47. The van der Waals surface area contributed by atoms with Crippen LogP contribution in [0.5, 0.6) is 11.5 Å². The molecule has 0 saturated carbocycles. The predicted molar refractivity (Wildman–Crippen MR) is 155 cm³/mol. The van der Waals surface area contributed by atoms with Crippen molar-refractivity contribution in [2.45, 2.75) is 51.0 Å². The van der Waals surface area contributed by atoms with Crippen LogP contribution in [-0.4, -0.2) is 64.4 Å². The van der Waals surface area contributed by atoms with Crippen LogP contribution in [-0.2, 0) is 14.2 Å². The predicted octanol–water partition coefficient (Wildman–Crippen LogP) is 4.16. The van der Waals surface area contributed by atoms with Gasteiger partial charge in [-0.25, -0.2) is 9.59 Å². The molecule has 5 rings (SSSR count). The summed E-state index contributed by atoms with van der Waals surface area (Å²) in [6.45, 7) is 5.09. The molecule has 1 fully saturated rings. The molecule has 0 unspecified atom stereocenters. The van der Waals surface area contributed by atoms with Crippen LogP contribution in [0.15, 0.2) is 63.8 Å². The summed E-state index contributed by atoms with van der Waals surface area (Å²) in [6.07, 6.45) is -5.05. The quantitative estimate of drug-likeness (QED) is 0.176. The summed E-state index contributed by atoms with van der Waals surface area (Å²) in [4.78, 5) is 41.2. The molecule has 0 aliphatic carbocycles. The fourth-order valence-electron chi connectivity index (χ4n) is 4.93. The third-order valence-electron chi connectivity index (χ3n) is 7.04. The van der Waals surface area contributed by atoms with Gasteiger partial charge in [0, 0.05) is 18.4 Å². The number of hydrogen-bond donors (Lipinski definition) is 4. The fraction of sp³-hybridized carbons (Fsp3) is 0.300. The molecule has 2 aromatic carbocycles. The van der Waals surface area contributed by atoms with Gasteiger partial charge in [0.05, 0.1) is 11.0 Å². The van der Waals surface area contributed by atoms with Gasteiger partial charge in [0.15, 0.2) is 23.1 Å². The minimum atomic E-state index is -1.39. The molecular formula is C30H29ClN2O10. The van der Waals surface area contributed by atoms with E-state index in [1.54, 1.807) is 57.2 Å². The highest BCUT2D eigenvalue weighted by molar-refractivity contribution is 6.36. The third kappa shape index (κ3) is 5.82. The molecule has 12 nitrogen and oxygen atoms in total. The van der Waals surface area contributed by atoms with Crippen LogP contribution in [0.1, 0.15) is 40.4 Å². The van der Waals surface area contributed by atoms with E-state index < -0.39 is 59.1 Å². The number of nitrogens with one attached hydrogen (secondary N) is 2. The number of H-pyrrole nitrogens is 1. The molecule has 1 saturated heterocycles. The van der Waals surface area contributed by atoms with Crippen LogP contribution in [0.25, 0.3) is 11.0 Å². The fourth-order valence-corrected chi connectivity index (χ4v) is 5.18. The van der Waals surface area contributed by atoms with Crippen molar-refractivity contribution in [3.05, 3.63) is 87.0 Å². The van der Waals surface area contributed by atoms with Gasteiger partial charge in [-0.05, 0) is 57.2 Å². The van der Waals surface area contributed by atoms with Gasteiger partial charge >= 0.3 is 11.6 Å². The Morgan fingerprint density at radius 2 is 1.81 bits per heavy atom. The Bertz CT molecular complexity index is 1730. The van der Waals surface area contributed by atoms with Gasteiger partial charge in [0.25, 0.3) is 5.91 Å². The van der Waals surface area contributed by atoms with Crippen LogP contribution < -0.4 is 15.7 Å². The summed E-state index contributed by atoms with van der Waals surface area (Å²) in [7, 11) is 1.39. The Morgan fingerprint density at radius 3 is 2.47 bits per heavy atom. The molecule has 226 valence electrons. The number of aliphatic hydroxyl groups excluding tert-OH is 1. The molecule has 13 heteroatoms. The first-order valence-corrected chi connectivity index (χ1v) is 13.6. The Balaban J connectivity index is 1.47. The number of aryl methyl sites for hydroxylation is 1. The molecular weight excluding hydrogens is 584 g/mol. The molecule has 2 aromatic heterocycles. The summed E-state index contributed by atoms with van der Waals surface area (Å²) in [5, 5.41) is 24.2. The van der Waals surface area contributed by atoms with E-state index in [-0.39, 0.29) is 33.0 Å². The summed E-state index contributed by atoms with van der Waals surface area (Å²) in [5.41, 5.74) is -1.73. The van der Waals surface area contributed by atoms with Crippen molar-refractivity contribution < 1.29 is 43.2 Å². The number of aromatic amines is 1. The lowest BCUT2D eigenvalue weighted by molar-refractivity contribution is -0.305. The largest absolute Gasteiger partial charge is 0.505 e. The minimum Gasteiger partial charge on any atom is -0.505 e. The number of methoxy groups -OCH3 is 1. The number of carbonyl (C=O) groups is 2. The molecule has 1 amide bonds. The summed E-state index contributed by atoms with van der Waals surface area (Å²) in [5.74, 6) is -2.04. The molecule has 4 atom stereocenters. The number of rotatable bonds is 7. The van der Waals surface area contributed by atoms with Gasteiger partial charge in [-0.2, -0.15) is 0 Å². The second-order valence-corrected chi connectivity index (χ2v) is 10.8. The van der Waals surface area contributed by atoms with Crippen molar-refractivity contribution in [2.24, 2.45) is 0 Å². The van der Waals surface area contributed by atoms with E-state index in [4.69, 9.17) is 35.0 Å². The third-order valence-corrected chi connectivity index (χ3v) is 7.40. The van der Waals surface area contributed by atoms with Crippen molar-refractivity contribution in [1.29, 1.82) is 0 Å². The number of esters is 1. The number of aromatic hydroxyl groups is 1. The standard InChI is InChI=1S/C30H29ClN2O10/c1-14-10-12-17(32-14)27(37)42-24-22(35)25(39-4)30(2,3)43-29(24)40-18-13-11-16-21(34)20(28(38)41-23(16)19(18)31)33-26(36)15-8-6-5-7-9-15/h5-13,22,24-25,29,32,34-35H,1-4H3,(H,33,36)/t22-,24+,25+,29+/m0/s1. The second kappa shape index (κ2) is 11.7. The first kappa shape index (κ1) is 30.1. The van der Waals surface area contributed by atoms with E-state index in [1.165, 1.54) is 25.3 Å². The van der Waals surface area contributed by atoms with E-state index in [0.717, 1.165) is 5.69 Å². The zero-order valence-electron chi connectivity index (χ0n) is 23.5. The number of aromatic nitrogens is 1. The van der Waals surface area contributed by atoms with Crippen LogP contribution in [0.4, 0.5) is 5.69 Å². The molecule has 0 bridgehead atoms. The molecule has 4 aromatic rings. The number of aliphatic hydroxyl groups is 1. The zero-order valence-corrected chi connectivity index (χ0v) is 24.3. The number of amides is 1. The Kier molecular flexibility index (Phi) is 8.21. The number of ether oxygens (including phenoxy) is 4. The number of carbonyl (C=O) groups excluding carboxylic acids is 2. The summed E-state index contributed by atoms with van der Waals surface area (Å²) in [6, 6.07) is 14.1. The topological polar surface area (TPSA) is 170 Å². The number of anilines is 1. The van der Waals surface area contributed by atoms with Gasteiger partial charge in [-0.1, -0.05) is 29.8 Å². The maximum absolute atomic E-state index is 12.9. The normalized spacial score (nSPS) is 21.3. The molecule has 0 spiro atoms. The monoisotopic (exact) mass is 612 g/mol. The average Bonchev–Trinajstić information content (AvgIpc) is 3.41. The highest BCUT2D eigenvalue weighted by Crippen LogP contribution is 2.41. The van der Waals surface area contributed by atoms with Gasteiger partial charge in [-0.3, -0.25) is 4.79 Å². The van der Waals surface area contributed by atoms with Gasteiger partial charge in [0.1, 0.15) is 28.7 Å². The van der Waals surface area contributed by atoms with E-state index in [1.807, 2.05) is 0 Å². The van der Waals surface area contributed by atoms with Crippen molar-refractivity contribution in [3.63, 3.8) is 0 Å². The van der Waals surface area contributed by atoms with Crippen molar-refractivity contribution in [3.8, 4) is 11.5 Å². The molecule has 4 N–H and O–H groups in total. The Morgan fingerprint density at radius 1 is 1.09 bits per heavy atom. The van der Waals surface area contributed by atoms with E-state index in [9.17, 15) is 24.6 Å². The van der Waals surface area contributed by atoms with Crippen molar-refractivity contribution in [1.82, 2.24) is 4.98 Å². The van der Waals surface area contributed by atoms with Crippen molar-refractivity contribution >= 4 is 40.1 Å². The first-order valence-electron chi connectivity index (χ1n) is 13.2. The SMILES string of the molecule is CO[C@@H]1[C@@H](O)[C@@H](OC(=O)c2ccc(C)[nH]2)[C@H](Oc2ccc3c(O)c(NC(=O)c4ccccc4)c(=O)oc3c2Cl)OC1(C)C. The van der Waals surface area contributed by atoms with E-state index in [2.05, 4.69) is 10.3 Å². The van der Waals surface area contributed by atoms with Crippen LogP contribution in [0.2, 0.25) is 5.02 Å². The first-order chi connectivity index (χ1) is 20.4.